The van der Waals surface area contributed by atoms with Crippen molar-refractivity contribution >= 4 is 0 Å². The van der Waals surface area contributed by atoms with Crippen LogP contribution >= 0.6 is 0 Å². The van der Waals surface area contributed by atoms with E-state index in [9.17, 15) is 18.7 Å². The van der Waals surface area contributed by atoms with Gasteiger partial charge >= 0.3 is 0 Å². The van der Waals surface area contributed by atoms with Crippen LogP contribution in [0, 0.1) is 11.6 Å². The number of rotatable bonds is 3. The van der Waals surface area contributed by atoms with Crippen molar-refractivity contribution in [2.45, 2.75) is 19.1 Å². The molecule has 23 heavy (non-hydrogen) atoms. The molecule has 0 fully saturated rings. The zero-order valence-corrected chi connectivity index (χ0v) is 12.7. The number of hydrogen-bond acceptors (Lipinski definition) is 4. The molecular formula is C16H17F2N3O2. The van der Waals surface area contributed by atoms with Gasteiger partial charge in [0, 0.05) is 50.8 Å². The molecule has 0 saturated heterocycles. The van der Waals surface area contributed by atoms with Gasteiger partial charge in [-0.3, -0.25) is 9.69 Å². The van der Waals surface area contributed by atoms with Gasteiger partial charge in [0.05, 0.1) is 11.8 Å². The predicted molar refractivity (Wildman–Crippen MR) is 79.8 cm³/mol. The standard InChI is InChI=1S/C16H17F2N3O2/c1-20-16(23)6-10-8-21(5-4-14(10)19-20)9-15(22)12-3-2-11(17)7-13(12)18/h2-3,6-7,15,22H,4-5,8-9H2,1H3. The summed E-state index contributed by atoms with van der Waals surface area (Å²) in [5.41, 5.74) is 1.58. The van der Waals surface area contributed by atoms with E-state index in [2.05, 4.69) is 5.10 Å². The lowest BCUT2D eigenvalue weighted by Crippen LogP contribution is -2.36. The average molecular weight is 321 g/mol. The van der Waals surface area contributed by atoms with Crippen molar-refractivity contribution in [2.24, 2.45) is 7.05 Å². The Morgan fingerprint density at radius 2 is 2.13 bits per heavy atom. The number of benzene rings is 1. The highest BCUT2D eigenvalue weighted by molar-refractivity contribution is 5.23. The van der Waals surface area contributed by atoms with Crippen LogP contribution in [-0.4, -0.2) is 32.9 Å². The molecule has 0 amide bonds. The summed E-state index contributed by atoms with van der Waals surface area (Å²) in [6, 6.07) is 4.68. The Balaban J connectivity index is 1.74. The zero-order chi connectivity index (χ0) is 16.6. The minimum Gasteiger partial charge on any atom is -0.387 e. The van der Waals surface area contributed by atoms with Gasteiger partial charge in [0.15, 0.2) is 0 Å². The Hall–Kier alpha value is -2.12. The average Bonchev–Trinajstić information content (AvgIpc) is 2.48. The molecule has 0 saturated carbocycles. The molecule has 1 N–H and O–H groups in total. The third-order valence-electron chi connectivity index (χ3n) is 4.07. The van der Waals surface area contributed by atoms with Gasteiger partial charge in [0.2, 0.25) is 0 Å². The van der Waals surface area contributed by atoms with Crippen LogP contribution in [0.4, 0.5) is 8.78 Å². The van der Waals surface area contributed by atoms with E-state index < -0.39 is 17.7 Å². The summed E-state index contributed by atoms with van der Waals surface area (Å²) in [4.78, 5) is 13.6. The third kappa shape index (κ3) is 3.30. The lowest BCUT2D eigenvalue weighted by Gasteiger charge is -2.29. The maximum absolute atomic E-state index is 13.7. The Bertz CT molecular complexity index is 791. The van der Waals surface area contributed by atoms with E-state index in [-0.39, 0.29) is 17.7 Å². The first-order valence-electron chi connectivity index (χ1n) is 7.35. The predicted octanol–water partition coefficient (Wildman–Crippen LogP) is 1.15. The summed E-state index contributed by atoms with van der Waals surface area (Å²) >= 11 is 0. The number of aliphatic hydroxyl groups is 1. The highest BCUT2D eigenvalue weighted by atomic mass is 19.1. The van der Waals surface area contributed by atoms with Crippen LogP contribution in [0.1, 0.15) is 22.9 Å². The first-order valence-corrected chi connectivity index (χ1v) is 7.35. The van der Waals surface area contributed by atoms with Gasteiger partial charge in [0.25, 0.3) is 5.56 Å². The van der Waals surface area contributed by atoms with Crippen LogP contribution in [0.5, 0.6) is 0 Å². The van der Waals surface area contributed by atoms with Crippen LogP contribution < -0.4 is 5.56 Å². The molecular weight excluding hydrogens is 304 g/mol. The summed E-state index contributed by atoms with van der Waals surface area (Å²) in [5, 5.41) is 14.4. The fourth-order valence-corrected chi connectivity index (χ4v) is 2.82. The van der Waals surface area contributed by atoms with E-state index in [1.54, 1.807) is 13.1 Å². The summed E-state index contributed by atoms with van der Waals surface area (Å²) in [5.74, 6) is -1.43. The van der Waals surface area contributed by atoms with Gasteiger partial charge in [-0.1, -0.05) is 6.07 Å². The number of nitrogens with zero attached hydrogens (tertiary/aromatic N) is 3. The van der Waals surface area contributed by atoms with E-state index in [1.165, 1.54) is 10.7 Å². The van der Waals surface area contributed by atoms with E-state index >= 15 is 0 Å². The Kier molecular flexibility index (Phi) is 4.23. The molecule has 1 unspecified atom stereocenters. The summed E-state index contributed by atoms with van der Waals surface area (Å²) in [7, 11) is 1.61. The molecule has 0 bridgehead atoms. The maximum Gasteiger partial charge on any atom is 0.266 e. The zero-order valence-electron chi connectivity index (χ0n) is 12.7. The second-order valence-electron chi connectivity index (χ2n) is 5.74. The van der Waals surface area contributed by atoms with Crippen molar-refractivity contribution in [2.75, 3.05) is 13.1 Å². The minimum atomic E-state index is -1.06. The van der Waals surface area contributed by atoms with Crippen LogP contribution in [0.3, 0.4) is 0 Å². The molecule has 0 spiro atoms. The van der Waals surface area contributed by atoms with Crippen molar-refractivity contribution in [3.63, 3.8) is 0 Å². The molecule has 2 aromatic rings. The van der Waals surface area contributed by atoms with E-state index in [0.717, 1.165) is 23.4 Å². The van der Waals surface area contributed by atoms with Crippen LogP contribution in [0.25, 0.3) is 0 Å². The fraction of sp³-hybridized carbons (Fsp3) is 0.375. The van der Waals surface area contributed by atoms with Crippen molar-refractivity contribution in [1.29, 1.82) is 0 Å². The second-order valence-corrected chi connectivity index (χ2v) is 5.74. The van der Waals surface area contributed by atoms with Crippen molar-refractivity contribution < 1.29 is 13.9 Å². The number of β-amino-alcohol motifs (C(OH)–C–C–N with tert-alkyl or cyclic N) is 1. The largest absolute Gasteiger partial charge is 0.387 e. The van der Waals surface area contributed by atoms with Crippen molar-refractivity contribution in [3.8, 4) is 0 Å². The number of hydrogen-bond donors (Lipinski definition) is 1. The Morgan fingerprint density at radius 1 is 1.35 bits per heavy atom. The lowest BCUT2D eigenvalue weighted by atomic mass is 10.0. The Morgan fingerprint density at radius 3 is 2.87 bits per heavy atom. The van der Waals surface area contributed by atoms with Gasteiger partial charge in [0.1, 0.15) is 11.6 Å². The highest BCUT2D eigenvalue weighted by Gasteiger charge is 2.22. The minimum absolute atomic E-state index is 0.0688. The Labute approximate surface area is 131 Å². The molecule has 0 radical (unpaired) electrons. The summed E-state index contributed by atoms with van der Waals surface area (Å²) in [6.07, 6.45) is -0.404. The van der Waals surface area contributed by atoms with Crippen LogP contribution in [0.2, 0.25) is 0 Å². The molecule has 2 heterocycles. The number of fused-ring (bicyclic) bond motifs is 1. The molecule has 3 rings (SSSR count). The lowest BCUT2D eigenvalue weighted by molar-refractivity contribution is 0.102. The van der Waals surface area contributed by atoms with Gasteiger partial charge in [-0.25, -0.2) is 13.5 Å². The number of aryl methyl sites for hydroxylation is 1. The molecule has 7 heteroatoms. The number of halogens is 2. The van der Waals surface area contributed by atoms with Crippen molar-refractivity contribution in [1.82, 2.24) is 14.7 Å². The maximum atomic E-state index is 13.7. The summed E-state index contributed by atoms with van der Waals surface area (Å²) < 4.78 is 28.0. The first kappa shape index (κ1) is 15.8. The summed E-state index contributed by atoms with van der Waals surface area (Å²) in [6.45, 7) is 1.33. The number of aliphatic hydroxyl groups excluding tert-OH is 1. The molecule has 5 nitrogen and oxygen atoms in total. The first-order chi connectivity index (χ1) is 10.9. The normalized spacial score (nSPS) is 16.2. The van der Waals surface area contributed by atoms with Gasteiger partial charge in [-0.05, 0) is 11.6 Å². The molecule has 1 atom stereocenters. The van der Waals surface area contributed by atoms with Crippen molar-refractivity contribution in [3.05, 3.63) is 63.1 Å². The quantitative estimate of drug-likeness (QED) is 0.921. The van der Waals surface area contributed by atoms with Gasteiger partial charge < -0.3 is 5.11 Å². The molecule has 1 aliphatic heterocycles. The highest BCUT2D eigenvalue weighted by Crippen LogP contribution is 2.22. The van der Waals surface area contributed by atoms with E-state index in [1.807, 2.05) is 4.90 Å². The van der Waals surface area contributed by atoms with Crippen LogP contribution in [-0.2, 0) is 20.0 Å². The molecule has 1 aromatic heterocycles. The molecule has 1 aromatic carbocycles. The molecule has 122 valence electrons. The van der Waals surface area contributed by atoms with E-state index in [4.69, 9.17) is 0 Å². The van der Waals surface area contributed by atoms with Gasteiger partial charge in [-0.15, -0.1) is 0 Å². The van der Waals surface area contributed by atoms with Gasteiger partial charge in [-0.2, -0.15) is 5.10 Å². The molecule has 0 aliphatic carbocycles. The second kappa shape index (κ2) is 6.17. The molecule has 1 aliphatic rings. The van der Waals surface area contributed by atoms with Crippen LogP contribution in [0.15, 0.2) is 29.1 Å². The monoisotopic (exact) mass is 321 g/mol. The smallest absolute Gasteiger partial charge is 0.266 e. The third-order valence-corrected chi connectivity index (χ3v) is 4.07. The fourth-order valence-electron chi connectivity index (χ4n) is 2.82. The SMILES string of the molecule is Cn1nc2c(cc1=O)CN(CC(O)c1ccc(F)cc1F)CC2. The van der Waals surface area contributed by atoms with E-state index in [0.29, 0.717) is 19.5 Å². The topological polar surface area (TPSA) is 58.4 Å². The number of aromatic nitrogens is 2.